The normalized spacial score (nSPS) is 17.8. The van der Waals surface area contributed by atoms with Gasteiger partial charge in [-0.2, -0.15) is 0 Å². The SMILES string of the molecule is CCN1C(=O)/C(=C\c2ccc(Cl)cc2Cl)SC1=Nc1ccc(F)cc1. The Balaban J connectivity index is 1.94. The van der Waals surface area contributed by atoms with Crippen molar-refractivity contribution in [1.82, 2.24) is 4.90 Å². The molecule has 0 radical (unpaired) electrons. The molecule has 7 heteroatoms. The third-order valence-corrected chi connectivity index (χ3v) is 5.07. The summed E-state index contributed by atoms with van der Waals surface area (Å²) in [5, 5.41) is 1.56. The first-order chi connectivity index (χ1) is 12.0. The molecule has 0 saturated carbocycles. The quantitative estimate of drug-likeness (QED) is 0.620. The maximum Gasteiger partial charge on any atom is 0.266 e. The van der Waals surface area contributed by atoms with Crippen LogP contribution in [0.1, 0.15) is 12.5 Å². The minimum absolute atomic E-state index is 0.139. The highest BCUT2D eigenvalue weighted by Gasteiger charge is 2.32. The molecule has 1 fully saturated rings. The van der Waals surface area contributed by atoms with Gasteiger partial charge in [0.25, 0.3) is 5.91 Å². The number of likely N-dealkylation sites (N-methyl/N-ethyl adjacent to an activating group) is 1. The number of thioether (sulfide) groups is 1. The summed E-state index contributed by atoms with van der Waals surface area (Å²) in [6.45, 7) is 2.36. The molecule has 2 aromatic rings. The number of hydrogen-bond acceptors (Lipinski definition) is 3. The van der Waals surface area contributed by atoms with Gasteiger partial charge < -0.3 is 0 Å². The number of benzene rings is 2. The molecule has 1 heterocycles. The highest BCUT2D eigenvalue weighted by molar-refractivity contribution is 8.18. The van der Waals surface area contributed by atoms with Crippen molar-refractivity contribution in [2.75, 3.05) is 6.54 Å². The lowest BCUT2D eigenvalue weighted by Crippen LogP contribution is -2.28. The van der Waals surface area contributed by atoms with E-state index in [1.165, 1.54) is 23.9 Å². The Bertz CT molecular complexity index is 881. The predicted molar refractivity (Wildman–Crippen MR) is 103 cm³/mol. The molecule has 0 bridgehead atoms. The summed E-state index contributed by atoms with van der Waals surface area (Å²) in [6, 6.07) is 10.9. The fourth-order valence-electron chi connectivity index (χ4n) is 2.26. The van der Waals surface area contributed by atoms with Gasteiger partial charge in [-0.3, -0.25) is 9.69 Å². The molecule has 2 aromatic carbocycles. The summed E-state index contributed by atoms with van der Waals surface area (Å²) >= 11 is 13.3. The summed E-state index contributed by atoms with van der Waals surface area (Å²) in [7, 11) is 0. The van der Waals surface area contributed by atoms with E-state index in [-0.39, 0.29) is 11.7 Å². The van der Waals surface area contributed by atoms with Crippen LogP contribution in [0.4, 0.5) is 10.1 Å². The van der Waals surface area contributed by atoms with Gasteiger partial charge in [0.15, 0.2) is 5.17 Å². The van der Waals surface area contributed by atoms with E-state index in [9.17, 15) is 9.18 Å². The van der Waals surface area contributed by atoms with Crippen LogP contribution in [0.3, 0.4) is 0 Å². The minimum atomic E-state index is -0.329. The van der Waals surface area contributed by atoms with Crippen LogP contribution in [0, 0.1) is 5.82 Å². The molecule has 0 spiro atoms. The molecule has 0 N–H and O–H groups in total. The second-order valence-electron chi connectivity index (χ2n) is 5.20. The third-order valence-electron chi connectivity index (χ3n) is 3.50. The van der Waals surface area contributed by atoms with Gasteiger partial charge in [0.05, 0.1) is 10.6 Å². The van der Waals surface area contributed by atoms with Crippen molar-refractivity contribution < 1.29 is 9.18 Å². The Morgan fingerprint density at radius 3 is 2.56 bits per heavy atom. The van der Waals surface area contributed by atoms with Gasteiger partial charge in [0, 0.05) is 16.6 Å². The van der Waals surface area contributed by atoms with E-state index in [0.717, 1.165) is 0 Å². The van der Waals surface area contributed by atoms with Crippen LogP contribution in [-0.2, 0) is 4.79 Å². The van der Waals surface area contributed by atoms with Gasteiger partial charge in [-0.25, -0.2) is 9.38 Å². The van der Waals surface area contributed by atoms with E-state index >= 15 is 0 Å². The molecule has 1 aliphatic rings. The molecule has 25 heavy (non-hydrogen) atoms. The zero-order valence-electron chi connectivity index (χ0n) is 13.2. The van der Waals surface area contributed by atoms with Crippen LogP contribution in [0.2, 0.25) is 10.0 Å². The number of carbonyl (C=O) groups is 1. The number of nitrogens with zero attached hydrogens (tertiary/aromatic N) is 2. The molecular weight excluding hydrogens is 382 g/mol. The summed E-state index contributed by atoms with van der Waals surface area (Å²) in [5.74, 6) is -0.469. The van der Waals surface area contributed by atoms with Gasteiger partial charge >= 0.3 is 0 Å². The van der Waals surface area contributed by atoms with Gasteiger partial charge in [-0.1, -0.05) is 29.3 Å². The first-order valence-corrected chi connectivity index (χ1v) is 9.06. The third kappa shape index (κ3) is 4.06. The molecule has 0 unspecified atom stereocenters. The van der Waals surface area contributed by atoms with Crippen LogP contribution in [0.15, 0.2) is 52.4 Å². The van der Waals surface area contributed by atoms with Crippen molar-refractivity contribution in [1.29, 1.82) is 0 Å². The van der Waals surface area contributed by atoms with Crippen LogP contribution < -0.4 is 0 Å². The Morgan fingerprint density at radius 1 is 1.20 bits per heavy atom. The van der Waals surface area contributed by atoms with Crippen molar-refractivity contribution in [3.05, 3.63) is 68.8 Å². The number of aliphatic imine (C=N–C) groups is 1. The summed E-state index contributed by atoms with van der Waals surface area (Å²) in [4.78, 5) is 19.1. The van der Waals surface area contributed by atoms with Gasteiger partial charge in [-0.15, -0.1) is 0 Å². The number of hydrogen-bond donors (Lipinski definition) is 0. The minimum Gasteiger partial charge on any atom is -0.287 e. The predicted octanol–water partition coefficient (Wildman–Crippen LogP) is 5.76. The number of halogens is 3. The molecule has 0 aliphatic carbocycles. The fraction of sp³-hybridized carbons (Fsp3) is 0.111. The maximum absolute atomic E-state index is 13.0. The standard InChI is InChI=1S/C18H13Cl2FN2OS/c1-2-23-17(24)16(9-11-3-4-12(19)10-15(11)20)25-18(23)22-14-7-5-13(21)6-8-14/h3-10H,2H2,1H3/b16-9+,22-18?. The zero-order valence-corrected chi connectivity index (χ0v) is 15.5. The Labute approximate surface area is 159 Å². The van der Waals surface area contributed by atoms with E-state index in [1.54, 1.807) is 41.3 Å². The van der Waals surface area contributed by atoms with Crippen molar-refractivity contribution in [2.45, 2.75) is 6.92 Å². The van der Waals surface area contributed by atoms with Gasteiger partial charge in [-0.05, 0) is 66.7 Å². The van der Waals surface area contributed by atoms with Gasteiger partial charge in [0.2, 0.25) is 0 Å². The highest BCUT2D eigenvalue weighted by atomic mass is 35.5. The molecule has 1 saturated heterocycles. The van der Waals surface area contributed by atoms with Crippen LogP contribution in [-0.4, -0.2) is 22.5 Å². The van der Waals surface area contributed by atoms with Crippen molar-refractivity contribution in [2.24, 2.45) is 4.99 Å². The lowest BCUT2D eigenvalue weighted by atomic mass is 10.2. The van der Waals surface area contributed by atoms with E-state index < -0.39 is 0 Å². The van der Waals surface area contributed by atoms with Crippen LogP contribution >= 0.6 is 35.0 Å². The number of carbonyl (C=O) groups excluding carboxylic acids is 1. The molecule has 1 aliphatic heterocycles. The number of amides is 1. The molecule has 3 rings (SSSR count). The fourth-order valence-corrected chi connectivity index (χ4v) is 3.77. The first kappa shape index (κ1) is 18.0. The lowest BCUT2D eigenvalue weighted by Gasteiger charge is -2.11. The smallest absolute Gasteiger partial charge is 0.266 e. The molecule has 3 nitrogen and oxygen atoms in total. The number of rotatable bonds is 3. The van der Waals surface area contributed by atoms with E-state index in [1.807, 2.05) is 6.92 Å². The summed E-state index contributed by atoms with van der Waals surface area (Å²) in [5.41, 5.74) is 1.29. The van der Waals surface area contributed by atoms with E-state index in [4.69, 9.17) is 23.2 Å². The number of amidine groups is 1. The zero-order chi connectivity index (χ0) is 18.0. The molecule has 1 amide bonds. The lowest BCUT2D eigenvalue weighted by molar-refractivity contribution is -0.122. The van der Waals surface area contributed by atoms with Crippen LogP contribution in [0.25, 0.3) is 6.08 Å². The Kier molecular flexibility index (Phi) is 5.47. The maximum atomic E-state index is 13.0. The first-order valence-electron chi connectivity index (χ1n) is 7.48. The van der Waals surface area contributed by atoms with Crippen molar-refractivity contribution in [3.63, 3.8) is 0 Å². The summed E-state index contributed by atoms with van der Waals surface area (Å²) in [6.07, 6.45) is 1.72. The monoisotopic (exact) mass is 394 g/mol. The van der Waals surface area contributed by atoms with E-state index in [0.29, 0.717) is 37.9 Å². The Hall–Kier alpha value is -1.82. The van der Waals surface area contributed by atoms with Crippen molar-refractivity contribution >= 4 is 57.8 Å². The van der Waals surface area contributed by atoms with Crippen molar-refractivity contribution in [3.8, 4) is 0 Å². The average Bonchev–Trinajstić information content (AvgIpc) is 2.87. The molecule has 0 atom stereocenters. The molecule has 0 aromatic heterocycles. The highest BCUT2D eigenvalue weighted by Crippen LogP contribution is 2.35. The molecular formula is C18H13Cl2FN2OS. The summed E-state index contributed by atoms with van der Waals surface area (Å²) < 4.78 is 13.0. The second-order valence-corrected chi connectivity index (χ2v) is 7.05. The topological polar surface area (TPSA) is 32.7 Å². The van der Waals surface area contributed by atoms with Crippen LogP contribution in [0.5, 0.6) is 0 Å². The van der Waals surface area contributed by atoms with E-state index in [2.05, 4.69) is 4.99 Å². The second kappa shape index (κ2) is 7.60. The Morgan fingerprint density at radius 2 is 1.92 bits per heavy atom. The van der Waals surface area contributed by atoms with Gasteiger partial charge in [0.1, 0.15) is 5.82 Å². The molecule has 128 valence electrons. The largest absolute Gasteiger partial charge is 0.287 e. The average molecular weight is 395 g/mol.